The number of benzene rings is 3. The number of ether oxygens (including phenoxy) is 2. The summed E-state index contributed by atoms with van der Waals surface area (Å²) in [7, 11) is 0. The van der Waals surface area contributed by atoms with Gasteiger partial charge in [0.05, 0.1) is 17.7 Å². The zero-order valence-electron chi connectivity index (χ0n) is 21.2. The number of para-hydroxylation sites is 2. The SMILES string of the molecule is CC(=O)c1cc2cccc(OCCCc3c(OC(=O)O)[nH]c4c(-c5ccc(C(=O)O)cc5C)cccc34)c2o1. The number of aryl methyl sites for hydroxylation is 2. The van der Waals surface area contributed by atoms with Crippen molar-refractivity contribution in [1.82, 2.24) is 4.98 Å². The molecule has 0 aliphatic rings. The Balaban J connectivity index is 1.42. The number of carbonyl (C=O) groups is 3. The van der Waals surface area contributed by atoms with Gasteiger partial charge in [-0.3, -0.25) is 4.79 Å². The molecule has 0 saturated heterocycles. The van der Waals surface area contributed by atoms with Crippen molar-refractivity contribution in [2.45, 2.75) is 26.7 Å². The fraction of sp³-hybridized carbons (Fsp3) is 0.167. The predicted octanol–water partition coefficient (Wildman–Crippen LogP) is 6.86. The third-order valence-corrected chi connectivity index (χ3v) is 6.54. The van der Waals surface area contributed by atoms with E-state index in [0.29, 0.717) is 41.9 Å². The lowest BCUT2D eigenvalue weighted by atomic mass is 9.96. The van der Waals surface area contributed by atoms with Gasteiger partial charge in [-0.2, -0.15) is 0 Å². The smallest absolute Gasteiger partial charge is 0.490 e. The summed E-state index contributed by atoms with van der Waals surface area (Å²) in [5.74, 6) is -0.270. The first-order chi connectivity index (χ1) is 18.7. The molecule has 0 atom stereocenters. The van der Waals surface area contributed by atoms with Gasteiger partial charge in [-0.25, -0.2) is 9.59 Å². The second kappa shape index (κ2) is 10.4. The molecule has 5 rings (SSSR count). The van der Waals surface area contributed by atoms with Crippen LogP contribution in [0.3, 0.4) is 0 Å². The number of Topliss-reactive ketones (excluding diaryl/α,β-unsaturated/α-hetero) is 1. The van der Waals surface area contributed by atoms with Crippen LogP contribution in [0.5, 0.6) is 11.6 Å². The molecule has 3 N–H and O–H groups in total. The van der Waals surface area contributed by atoms with E-state index in [-0.39, 0.29) is 23.0 Å². The van der Waals surface area contributed by atoms with E-state index in [2.05, 4.69) is 4.98 Å². The zero-order chi connectivity index (χ0) is 27.7. The molecule has 2 heterocycles. The summed E-state index contributed by atoms with van der Waals surface area (Å²) < 4.78 is 16.7. The van der Waals surface area contributed by atoms with Gasteiger partial charge in [-0.15, -0.1) is 0 Å². The highest BCUT2D eigenvalue weighted by Crippen LogP contribution is 2.37. The van der Waals surface area contributed by atoms with Crippen molar-refractivity contribution in [3.8, 4) is 22.8 Å². The van der Waals surface area contributed by atoms with Crippen LogP contribution in [0, 0.1) is 6.92 Å². The third-order valence-electron chi connectivity index (χ3n) is 6.54. The standard InChI is InChI=1S/C30H25NO8/c1-16-14-19(29(33)34)11-12-20(16)21-7-4-8-22-23(28(31-26(21)22)39-30(35)36)9-5-13-37-24-10-3-6-18-15-25(17(2)32)38-27(18)24/h3-4,6-8,10-12,14-15,31H,5,9,13H2,1-2H3,(H,33,34)(H,35,36). The number of nitrogens with one attached hydrogen (secondary N) is 1. The average molecular weight is 528 g/mol. The first kappa shape index (κ1) is 25.6. The maximum atomic E-state index is 11.7. The van der Waals surface area contributed by atoms with Crippen LogP contribution in [-0.2, 0) is 6.42 Å². The number of hydrogen-bond acceptors (Lipinski definition) is 6. The summed E-state index contributed by atoms with van der Waals surface area (Å²) in [5.41, 5.74) is 4.45. The van der Waals surface area contributed by atoms with Crippen LogP contribution in [0.1, 0.15) is 45.4 Å². The molecule has 3 aromatic carbocycles. The molecular formula is C30H25NO8. The van der Waals surface area contributed by atoms with Crippen molar-refractivity contribution in [2.75, 3.05) is 6.61 Å². The monoisotopic (exact) mass is 527 g/mol. The summed E-state index contributed by atoms with van der Waals surface area (Å²) in [6, 6.07) is 17.6. The van der Waals surface area contributed by atoms with Crippen LogP contribution < -0.4 is 9.47 Å². The molecule has 5 aromatic rings. The molecule has 9 nitrogen and oxygen atoms in total. The number of hydrogen-bond donors (Lipinski definition) is 3. The summed E-state index contributed by atoms with van der Waals surface area (Å²) in [4.78, 5) is 37.6. The molecule has 2 aromatic heterocycles. The zero-order valence-corrected chi connectivity index (χ0v) is 21.2. The van der Waals surface area contributed by atoms with E-state index in [4.69, 9.17) is 13.9 Å². The summed E-state index contributed by atoms with van der Waals surface area (Å²) in [6.45, 7) is 3.58. The Morgan fingerprint density at radius 2 is 1.77 bits per heavy atom. The van der Waals surface area contributed by atoms with Crippen molar-refractivity contribution in [3.05, 3.63) is 83.1 Å². The van der Waals surface area contributed by atoms with Crippen molar-refractivity contribution >= 4 is 39.8 Å². The number of rotatable bonds is 9. The predicted molar refractivity (Wildman–Crippen MR) is 144 cm³/mol. The fourth-order valence-electron chi connectivity index (χ4n) is 4.75. The van der Waals surface area contributed by atoms with E-state index in [1.807, 2.05) is 37.3 Å². The van der Waals surface area contributed by atoms with E-state index >= 15 is 0 Å². The van der Waals surface area contributed by atoms with Crippen LogP contribution in [-0.4, -0.2) is 39.7 Å². The van der Waals surface area contributed by atoms with Gasteiger partial charge in [0.2, 0.25) is 5.88 Å². The van der Waals surface area contributed by atoms with Gasteiger partial charge < -0.3 is 29.1 Å². The van der Waals surface area contributed by atoms with Gasteiger partial charge >= 0.3 is 12.1 Å². The van der Waals surface area contributed by atoms with Gasteiger partial charge in [-0.1, -0.05) is 36.4 Å². The van der Waals surface area contributed by atoms with E-state index in [9.17, 15) is 24.6 Å². The van der Waals surface area contributed by atoms with Crippen LogP contribution in [0.2, 0.25) is 0 Å². The fourth-order valence-corrected chi connectivity index (χ4v) is 4.75. The minimum absolute atomic E-state index is 0.129. The average Bonchev–Trinajstić information content (AvgIpc) is 3.48. The molecule has 198 valence electrons. The second-order valence-electron chi connectivity index (χ2n) is 9.16. The summed E-state index contributed by atoms with van der Waals surface area (Å²) >= 11 is 0. The maximum absolute atomic E-state index is 11.7. The lowest BCUT2D eigenvalue weighted by molar-refractivity contribution is 0.0696. The Hall–Kier alpha value is -5.05. The number of fused-ring (bicyclic) bond motifs is 2. The van der Waals surface area contributed by atoms with Crippen molar-refractivity contribution in [1.29, 1.82) is 0 Å². The molecule has 0 amide bonds. The minimum atomic E-state index is -1.44. The van der Waals surface area contributed by atoms with Crippen LogP contribution in [0.4, 0.5) is 4.79 Å². The molecule has 0 aliphatic carbocycles. The number of aromatic amines is 1. The highest BCUT2D eigenvalue weighted by molar-refractivity contribution is 5.99. The molecule has 9 heteroatoms. The number of carbonyl (C=O) groups excluding carboxylic acids is 1. The Bertz CT molecular complexity index is 1740. The van der Waals surface area contributed by atoms with E-state index < -0.39 is 12.1 Å². The molecular weight excluding hydrogens is 502 g/mol. The molecule has 0 radical (unpaired) electrons. The third kappa shape index (κ3) is 5.06. The highest BCUT2D eigenvalue weighted by atomic mass is 16.7. The van der Waals surface area contributed by atoms with Crippen LogP contribution in [0.25, 0.3) is 33.0 Å². The molecule has 0 saturated carbocycles. The number of H-pyrrole nitrogens is 1. The number of furan rings is 1. The molecule has 0 spiro atoms. The topological polar surface area (TPSA) is 139 Å². The number of ketones is 1. The highest BCUT2D eigenvalue weighted by Gasteiger charge is 2.19. The number of carboxylic acid groups (broad SMARTS) is 2. The first-order valence-electron chi connectivity index (χ1n) is 12.3. The Morgan fingerprint density at radius 1 is 0.974 bits per heavy atom. The quantitative estimate of drug-likeness (QED) is 0.107. The first-order valence-corrected chi connectivity index (χ1v) is 12.3. The van der Waals surface area contributed by atoms with Gasteiger partial charge in [0.25, 0.3) is 0 Å². The Kier molecular flexibility index (Phi) is 6.81. The minimum Gasteiger partial charge on any atom is -0.490 e. The van der Waals surface area contributed by atoms with E-state index in [1.54, 1.807) is 24.3 Å². The Labute approximate surface area is 222 Å². The number of carboxylic acids is 1. The Morgan fingerprint density at radius 3 is 2.49 bits per heavy atom. The number of aromatic carboxylic acids is 1. The van der Waals surface area contributed by atoms with E-state index in [0.717, 1.165) is 27.5 Å². The number of aromatic nitrogens is 1. The normalized spacial score (nSPS) is 11.1. The van der Waals surface area contributed by atoms with Gasteiger partial charge in [0.15, 0.2) is 22.9 Å². The molecule has 0 aliphatic heterocycles. The van der Waals surface area contributed by atoms with Gasteiger partial charge in [-0.05, 0) is 55.2 Å². The molecule has 0 fully saturated rings. The second-order valence-corrected chi connectivity index (χ2v) is 9.16. The summed E-state index contributed by atoms with van der Waals surface area (Å²) in [5, 5.41) is 20.2. The molecule has 0 unspecified atom stereocenters. The van der Waals surface area contributed by atoms with Crippen molar-refractivity contribution in [2.24, 2.45) is 0 Å². The van der Waals surface area contributed by atoms with Gasteiger partial charge in [0, 0.05) is 28.8 Å². The molecule has 39 heavy (non-hydrogen) atoms. The van der Waals surface area contributed by atoms with Crippen molar-refractivity contribution in [3.63, 3.8) is 0 Å². The van der Waals surface area contributed by atoms with Crippen molar-refractivity contribution < 1.29 is 38.5 Å². The van der Waals surface area contributed by atoms with E-state index in [1.165, 1.54) is 13.0 Å². The summed E-state index contributed by atoms with van der Waals surface area (Å²) in [6.07, 6.45) is -0.445. The molecule has 0 bridgehead atoms. The van der Waals surface area contributed by atoms with Gasteiger partial charge in [0.1, 0.15) is 0 Å². The lowest BCUT2D eigenvalue weighted by Gasteiger charge is -2.09. The van der Waals surface area contributed by atoms with Crippen LogP contribution in [0.15, 0.2) is 65.1 Å². The maximum Gasteiger partial charge on any atom is 0.512 e. The lowest BCUT2D eigenvalue weighted by Crippen LogP contribution is -2.06. The van der Waals surface area contributed by atoms with Crippen LogP contribution >= 0.6 is 0 Å². The largest absolute Gasteiger partial charge is 0.512 e.